The molecule has 2 aromatic heterocycles. The lowest BCUT2D eigenvalue weighted by Gasteiger charge is -1.85. The molecule has 0 radical (unpaired) electrons. The zero-order valence-electron chi connectivity index (χ0n) is 5.84. The monoisotopic (exact) mass is 306 g/mol. The Hall–Kier alpha value is -0.130. The number of aromatic amines is 1. The van der Waals surface area contributed by atoms with E-state index < -0.39 is 0 Å². The first-order valence-electron chi connectivity index (χ1n) is 3.22. The maximum absolute atomic E-state index is 3.89. The van der Waals surface area contributed by atoms with Crippen LogP contribution in [-0.4, -0.2) is 10.2 Å². The molecule has 2 rings (SSSR count). The van der Waals surface area contributed by atoms with Gasteiger partial charge in [-0.25, -0.2) is 0 Å². The second-order valence-corrected chi connectivity index (χ2v) is 5.43. The van der Waals surface area contributed by atoms with Crippen molar-refractivity contribution in [1.29, 1.82) is 0 Å². The smallest absolute Gasteiger partial charge is 0.0847 e. The van der Waals surface area contributed by atoms with Gasteiger partial charge in [-0.15, -0.1) is 11.3 Å². The van der Waals surface area contributed by atoms with Crippen LogP contribution in [0.4, 0.5) is 0 Å². The van der Waals surface area contributed by atoms with Gasteiger partial charge in [0, 0.05) is 10.7 Å². The molecule has 0 fully saturated rings. The van der Waals surface area contributed by atoms with Gasteiger partial charge in [0.25, 0.3) is 0 Å². The van der Waals surface area contributed by atoms with Crippen molar-refractivity contribution < 1.29 is 0 Å². The Morgan fingerprint density at radius 2 is 2.25 bits per heavy atom. The molecular weight excluding hydrogens is 304 g/mol. The Kier molecular flexibility index (Phi) is 2.34. The fraction of sp³-hybridized carbons (Fsp3) is 0. The Morgan fingerprint density at radius 3 is 2.75 bits per heavy atom. The van der Waals surface area contributed by atoms with Gasteiger partial charge >= 0.3 is 0 Å². The number of hydrogen-bond acceptors (Lipinski definition) is 2. The second kappa shape index (κ2) is 3.32. The summed E-state index contributed by atoms with van der Waals surface area (Å²) in [5, 5.41) is 6.80. The van der Waals surface area contributed by atoms with Crippen LogP contribution in [0, 0.1) is 0 Å². The summed E-state index contributed by atoms with van der Waals surface area (Å²) in [5.74, 6) is 0. The van der Waals surface area contributed by atoms with Crippen LogP contribution < -0.4 is 0 Å². The first-order valence-corrected chi connectivity index (χ1v) is 5.62. The highest BCUT2D eigenvalue weighted by Crippen LogP contribution is 2.37. The molecule has 0 aliphatic heterocycles. The van der Waals surface area contributed by atoms with E-state index in [1.54, 1.807) is 17.5 Å². The average Bonchev–Trinajstić information content (AvgIpc) is 2.61. The molecule has 0 aromatic carbocycles. The highest BCUT2D eigenvalue weighted by atomic mass is 79.9. The van der Waals surface area contributed by atoms with Crippen molar-refractivity contribution in [2.75, 3.05) is 0 Å². The van der Waals surface area contributed by atoms with Crippen molar-refractivity contribution in [1.82, 2.24) is 10.2 Å². The molecule has 2 nitrogen and oxygen atoms in total. The minimum absolute atomic E-state index is 1.05. The van der Waals surface area contributed by atoms with Gasteiger partial charge in [0.1, 0.15) is 0 Å². The standard InChI is InChI=1S/C7H4Br2N2S/c8-4-3-6(12-7(4)9)5-1-2-10-11-5/h1-3H,(H,10,11). The van der Waals surface area contributed by atoms with Crippen molar-refractivity contribution in [3.8, 4) is 10.6 Å². The lowest BCUT2D eigenvalue weighted by molar-refractivity contribution is 1.10. The predicted molar refractivity (Wildman–Crippen MR) is 57.3 cm³/mol. The molecule has 0 bridgehead atoms. The molecule has 1 N–H and O–H groups in total. The van der Waals surface area contributed by atoms with Crippen LogP contribution in [-0.2, 0) is 0 Å². The van der Waals surface area contributed by atoms with Crippen molar-refractivity contribution in [2.24, 2.45) is 0 Å². The summed E-state index contributed by atoms with van der Waals surface area (Å²) >= 11 is 8.54. The molecule has 0 aliphatic rings. The van der Waals surface area contributed by atoms with Gasteiger partial charge in [0.2, 0.25) is 0 Å². The van der Waals surface area contributed by atoms with E-state index in [1.807, 2.05) is 6.07 Å². The maximum Gasteiger partial charge on any atom is 0.0847 e. The van der Waals surface area contributed by atoms with E-state index in [4.69, 9.17) is 0 Å². The molecule has 62 valence electrons. The van der Waals surface area contributed by atoms with Crippen LogP contribution in [0.3, 0.4) is 0 Å². The maximum atomic E-state index is 3.89. The van der Waals surface area contributed by atoms with Gasteiger partial charge in [-0.3, -0.25) is 5.10 Å². The molecule has 0 amide bonds. The summed E-state index contributed by atoms with van der Waals surface area (Å²) in [6.07, 6.45) is 1.75. The van der Waals surface area contributed by atoms with Crippen LogP contribution in [0.25, 0.3) is 10.6 Å². The number of nitrogens with one attached hydrogen (secondary N) is 1. The van der Waals surface area contributed by atoms with Crippen LogP contribution in [0.15, 0.2) is 26.6 Å². The molecule has 0 atom stereocenters. The van der Waals surface area contributed by atoms with Crippen molar-refractivity contribution in [2.45, 2.75) is 0 Å². The van der Waals surface area contributed by atoms with E-state index in [1.165, 1.54) is 4.88 Å². The Labute approximate surface area is 90.3 Å². The highest BCUT2D eigenvalue weighted by molar-refractivity contribution is 9.13. The summed E-state index contributed by atoms with van der Waals surface area (Å²) in [6, 6.07) is 4.01. The predicted octanol–water partition coefficient (Wildman–Crippen LogP) is 3.66. The molecule has 0 spiro atoms. The van der Waals surface area contributed by atoms with Gasteiger partial charge in [-0.1, -0.05) is 0 Å². The summed E-state index contributed by atoms with van der Waals surface area (Å²) in [7, 11) is 0. The van der Waals surface area contributed by atoms with Crippen LogP contribution in [0.5, 0.6) is 0 Å². The van der Waals surface area contributed by atoms with E-state index in [-0.39, 0.29) is 0 Å². The molecule has 0 saturated carbocycles. The van der Waals surface area contributed by atoms with Crippen LogP contribution >= 0.6 is 43.2 Å². The normalized spacial score (nSPS) is 10.5. The number of nitrogens with zero attached hydrogens (tertiary/aromatic N) is 1. The van der Waals surface area contributed by atoms with E-state index in [0.717, 1.165) is 14.0 Å². The lowest BCUT2D eigenvalue weighted by Crippen LogP contribution is -1.69. The van der Waals surface area contributed by atoms with Gasteiger partial charge in [-0.2, -0.15) is 5.10 Å². The molecule has 0 aliphatic carbocycles. The first kappa shape index (κ1) is 8.47. The fourth-order valence-electron chi connectivity index (χ4n) is 0.872. The molecular formula is C7H4Br2N2S. The largest absolute Gasteiger partial charge is 0.277 e. The summed E-state index contributed by atoms with van der Waals surface area (Å²) in [6.45, 7) is 0. The average molecular weight is 308 g/mol. The molecule has 2 aromatic rings. The zero-order valence-corrected chi connectivity index (χ0v) is 9.83. The van der Waals surface area contributed by atoms with Crippen molar-refractivity contribution in [3.05, 3.63) is 26.6 Å². The van der Waals surface area contributed by atoms with Crippen LogP contribution in [0.1, 0.15) is 0 Å². The van der Waals surface area contributed by atoms with E-state index in [9.17, 15) is 0 Å². The lowest BCUT2D eigenvalue weighted by atomic mass is 10.3. The second-order valence-electron chi connectivity index (χ2n) is 2.20. The summed E-state index contributed by atoms with van der Waals surface area (Å²) < 4.78 is 2.18. The van der Waals surface area contributed by atoms with Crippen LogP contribution in [0.2, 0.25) is 0 Å². The van der Waals surface area contributed by atoms with Crippen molar-refractivity contribution >= 4 is 43.2 Å². The molecule has 0 saturated heterocycles. The topological polar surface area (TPSA) is 28.7 Å². The van der Waals surface area contributed by atoms with Gasteiger partial charge in [0.05, 0.1) is 14.4 Å². The third kappa shape index (κ3) is 1.48. The van der Waals surface area contributed by atoms with Gasteiger partial charge in [-0.05, 0) is 44.0 Å². The van der Waals surface area contributed by atoms with E-state index >= 15 is 0 Å². The Balaban J connectivity index is 2.48. The minimum atomic E-state index is 1.05. The summed E-state index contributed by atoms with van der Waals surface area (Å²) in [5.41, 5.74) is 1.05. The number of thiophene rings is 1. The Morgan fingerprint density at radius 1 is 1.42 bits per heavy atom. The highest BCUT2D eigenvalue weighted by Gasteiger charge is 2.06. The number of H-pyrrole nitrogens is 1. The molecule has 2 heterocycles. The number of hydrogen-bond donors (Lipinski definition) is 1. The first-order chi connectivity index (χ1) is 5.77. The van der Waals surface area contributed by atoms with E-state index in [2.05, 4.69) is 48.1 Å². The molecule has 5 heteroatoms. The van der Waals surface area contributed by atoms with E-state index in [0.29, 0.717) is 0 Å². The number of halogens is 2. The van der Waals surface area contributed by atoms with Gasteiger partial charge in [0.15, 0.2) is 0 Å². The SMILES string of the molecule is Brc1cc(-c2ccn[nH]2)sc1Br. The zero-order chi connectivity index (χ0) is 8.55. The van der Waals surface area contributed by atoms with Gasteiger partial charge < -0.3 is 0 Å². The third-order valence-electron chi connectivity index (χ3n) is 1.41. The minimum Gasteiger partial charge on any atom is -0.277 e. The number of aromatic nitrogens is 2. The quantitative estimate of drug-likeness (QED) is 0.855. The fourth-order valence-corrected chi connectivity index (χ4v) is 2.88. The number of rotatable bonds is 1. The Bertz CT molecular complexity index is 361. The molecule has 0 unspecified atom stereocenters. The third-order valence-corrected chi connectivity index (χ3v) is 4.70. The molecule has 12 heavy (non-hydrogen) atoms. The summed E-state index contributed by atoms with van der Waals surface area (Å²) in [4.78, 5) is 1.17. The van der Waals surface area contributed by atoms with Crippen molar-refractivity contribution in [3.63, 3.8) is 0 Å².